The topological polar surface area (TPSA) is 80.6 Å². The first-order valence-corrected chi connectivity index (χ1v) is 10.00. The van der Waals surface area contributed by atoms with Crippen LogP contribution in [0.25, 0.3) is 0 Å². The average molecular weight is 517 g/mol. The zero-order chi connectivity index (χ0) is 26.0. The molecule has 4 rings (SSSR count). The minimum Gasteiger partial charge on any atom is -0.293 e. The molecule has 0 saturated heterocycles. The van der Waals surface area contributed by atoms with Crippen LogP contribution in [0.5, 0.6) is 0 Å². The summed E-state index contributed by atoms with van der Waals surface area (Å²) in [6, 6.07) is 5.22. The maximum Gasteiger partial charge on any atom is 0.190 e. The normalized spacial score (nSPS) is 10.0. The Morgan fingerprint density at radius 2 is 1.31 bits per heavy atom. The highest BCUT2D eigenvalue weighted by Crippen LogP contribution is 2.16. The van der Waals surface area contributed by atoms with Crippen LogP contribution in [0.15, 0.2) is 61.2 Å². The van der Waals surface area contributed by atoms with Crippen LogP contribution < -0.4 is 0 Å². The predicted octanol–water partition coefficient (Wildman–Crippen LogP) is 5.12. The molecule has 0 spiro atoms. The van der Waals surface area contributed by atoms with Gasteiger partial charge in [0.1, 0.15) is 41.4 Å². The van der Waals surface area contributed by atoms with Gasteiger partial charge >= 0.3 is 0 Å². The monoisotopic (exact) mass is 516 g/mol. The zero-order valence-electron chi connectivity index (χ0n) is 17.5. The summed E-state index contributed by atoms with van der Waals surface area (Å²) in [6.45, 7) is -0.299. The van der Waals surface area contributed by atoms with Crippen molar-refractivity contribution in [1.29, 1.82) is 0 Å². The molecule has 0 aliphatic rings. The number of H-pyrrole nitrogens is 1. The lowest BCUT2D eigenvalue weighted by Gasteiger charge is -2.04. The van der Waals surface area contributed by atoms with E-state index in [4.69, 9.17) is 11.6 Å². The summed E-state index contributed by atoms with van der Waals surface area (Å²) < 4.78 is 78.3. The molecule has 0 amide bonds. The van der Waals surface area contributed by atoms with E-state index in [9.17, 15) is 35.9 Å². The number of ketones is 2. The molecule has 1 N–H and O–H groups in total. The van der Waals surface area contributed by atoms with Gasteiger partial charge in [-0.05, 0) is 12.1 Å². The first-order valence-electron chi connectivity index (χ1n) is 9.46. The molecule has 6 nitrogen and oxygen atoms in total. The fraction of sp³-hybridized carbons (Fsp3) is 0.0909. The van der Waals surface area contributed by atoms with Gasteiger partial charge in [-0.2, -0.15) is 10.2 Å². The van der Waals surface area contributed by atoms with Crippen molar-refractivity contribution in [3.8, 4) is 0 Å². The maximum atomic E-state index is 13.3. The molecule has 4 aromatic rings. The summed E-state index contributed by atoms with van der Waals surface area (Å²) >= 11 is 5.09. The Morgan fingerprint density at radius 3 is 1.66 bits per heavy atom. The first-order chi connectivity index (χ1) is 16.6. The van der Waals surface area contributed by atoms with Gasteiger partial charge in [-0.3, -0.25) is 19.4 Å². The number of alkyl halides is 1. The summed E-state index contributed by atoms with van der Waals surface area (Å²) in [5, 5.41) is 9.94. The number of nitrogens with one attached hydrogen (secondary N) is 1. The highest BCUT2D eigenvalue weighted by atomic mass is 35.5. The Balaban J connectivity index is 0.000000211. The fourth-order valence-corrected chi connectivity index (χ4v) is 2.65. The molecule has 184 valence electrons. The van der Waals surface area contributed by atoms with E-state index in [1.165, 1.54) is 17.1 Å². The number of rotatable bonds is 5. The Kier molecular flexibility index (Phi) is 10.2. The number of halogens is 7. The number of aromatic nitrogens is 4. The van der Waals surface area contributed by atoms with E-state index >= 15 is 0 Å². The van der Waals surface area contributed by atoms with Gasteiger partial charge in [0, 0.05) is 49.1 Å². The van der Waals surface area contributed by atoms with E-state index in [0.717, 1.165) is 0 Å². The molecule has 0 fully saturated rings. The van der Waals surface area contributed by atoms with Gasteiger partial charge in [-0.1, -0.05) is 0 Å². The number of hydrogen-bond acceptors (Lipinski definition) is 4. The number of hydrogen-bond donors (Lipinski definition) is 1. The second kappa shape index (κ2) is 13.1. The van der Waals surface area contributed by atoms with Crippen molar-refractivity contribution < 1.29 is 35.9 Å². The number of Topliss-reactive ketones (excluding diaryl/α,β-unsaturated/α-hetero) is 2. The largest absolute Gasteiger partial charge is 0.293 e. The van der Waals surface area contributed by atoms with Crippen molar-refractivity contribution >= 4 is 23.2 Å². The molecule has 0 aliphatic heterocycles. The lowest BCUT2D eigenvalue weighted by molar-refractivity contribution is 0.0957. The molecule has 35 heavy (non-hydrogen) atoms. The first kappa shape index (κ1) is 27.3. The SMILES string of the molecule is O=C(CCl)c1c(F)cc(F)cc1F.O=C(Cn1cccn1)c1c(F)cc(F)cc1F.c1cn[nH]c1. The van der Waals surface area contributed by atoms with E-state index in [-0.39, 0.29) is 6.54 Å². The van der Waals surface area contributed by atoms with Gasteiger partial charge in [-0.15, -0.1) is 11.6 Å². The van der Waals surface area contributed by atoms with E-state index < -0.39 is 63.5 Å². The summed E-state index contributed by atoms with van der Waals surface area (Å²) in [5.41, 5.74) is -1.54. The fourth-order valence-electron chi connectivity index (χ4n) is 2.52. The van der Waals surface area contributed by atoms with Crippen LogP contribution in [0.1, 0.15) is 20.7 Å². The molecule has 0 saturated carbocycles. The van der Waals surface area contributed by atoms with Gasteiger partial charge in [-0.25, -0.2) is 26.3 Å². The number of nitrogens with zero attached hydrogens (tertiary/aromatic N) is 3. The summed E-state index contributed by atoms with van der Waals surface area (Å²) in [6.07, 6.45) is 6.38. The summed E-state index contributed by atoms with van der Waals surface area (Å²) in [4.78, 5) is 22.4. The number of aromatic amines is 1. The van der Waals surface area contributed by atoms with Crippen LogP contribution in [0.3, 0.4) is 0 Å². The Morgan fingerprint density at radius 1 is 0.800 bits per heavy atom. The van der Waals surface area contributed by atoms with Gasteiger partial charge in [0.25, 0.3) is 0 Å². The van der Waals surface area contributed by atoms with E-state index in [2.05, 4.69) is 15.3 Å². The van der Waals surface area contributed by atoms with E-state index in [1.54, 1.807) is 18.5 Å². The van der Waals surface area contributed by atoms with Crippen molar-refractivity contribution in [2.75, 3.05) is 5.88 Å². The van der Waals surface area contributed by atoms with Crippen LogP contribution in [0, 0.1) is 34.9 Å². The molecule has 2 aromatic carbocycles. The Hall–Kier alpha value is -3.93. The van der Waals surface area contributed by atoms with Gasteiger partial charge in [0.15, 0.2) is 11.6 Å². The van der Waals surface area contributed by atoms with Gasteiger partial charge < -0.3 is 0 Å². The lowest BCUT2D eigenvalue weighted by Crippen LogP contribution is -2.14. The van der Waals surface area contributed by atoms with Crippen LogP contribution in [0.2, 0.25) is 0 Å². The smallest absolute Gasteiger partial charge is 0.190 e. The molecular weight excluding hydrogens is 502 g/mol. The quantitative estimate of drug-likeness (QED) is 0.227. The van der Waals surface area contributed by atoms with Crippen LogP contribution in [-0.4, -0.2) is 37.4 Å². The van der Waals surface area contributed by atoms with Gasteiger partial charge in [0.05, 0.1) is 17.0 Å². The Bertz CT molecular complexity index is 1200. The lowest BCUT2D eigenvalue weighted by atomic mass is 10.1. The molecule has 13 heteroatoms. The second-order valence-corrected chi connectivity index (χ2v) is 6.71. The highest BCUT2D eigenvalue weighted by Gasteiger charge is 2.19. The predicted molar refractivity (Wildman–Crippen MR) is 113 cm³/mol. The van der Waals surface area contributed by atoms with Crippen molar-refractivity contribution in [1.82, 2.24) is 20.0 Å². The van der Waals surface area contributed by atoms with Crippen LogP contribution in [-0.2, 0) is 6.54 Å². The van der Waals surface area contributed by atoms with Crippen molar-refractivity contribution in [2.45, 2.75) is 6.54 Å². The molecule has 0 aliphatic carbocycles. The number of benzene rings is 2. The average Bonchev–Trinajstić information content (AvgIpc) is 3.49. The second-order valence-electron chi connectivity index (χ2n) is 6.44. The van der Waals surface area contributed by atoms with Crippen LogP contribution in [0.4, 0.5) is 26.3 Å². The maximum absolute atomic E-state index is 13.3. The van der Waals surface area contributed by atoms with E-state index in [0.29, 0.717) is 24.3 Å². The molecule has 0 radical (unpaired) electrons. The van der Waals surface area contributed by atoms with Gasteiger partial charge in [0.2, 0.25) is 0 Å². The molecule has 0 bridgehead atoms. The Labute approximate surface area is 199 Å². The summed E-state index contributed by atoms with van der Waals surface area (Å²) in [7, 11) is 0. The standard InChI is InChI=1S/C11H7F3N2O.C8H4ClF3O.C3H4N2/c12-7-4-8(13)11(9(14)5-7)10(17)6-16-3-1-2-15-16;9-3-7(13)8-5(11)1-4(10)2-6(8)12;1-2-4-5-3-1/h1-5H,6H2;1-2H,3H2;1-3H,(H,4,5). The third-order valence-corrected chi connectivity index (χ3v) is 4.21. The van der Waals surface area contributed by atoms with Crippen molar-refractivity contribution in [2.24, 2.45) is 0 Å². The third-order valence-electron chi connectivity index (χ3n) is 3.96. The molecule has 2 aromatic heterocycles. The molecule has 0 unspecified atom stereocenters. The number of carbonyl (C=O) groups excluding carboxylic acids is 2. The third kappa shape index (κ3) is 8.10. The van der Waals surface area contributed by atoms with Crippen molar-refractivity contribution in [3.63, 3.8) is 0 Å². The molecule has 0 atom stereocenters. The highest BCUT2D eigenvalue weighted by molar-refractivity contribution is 6.30. The van der Waals surface area contributed by atoms with E-state index in [1.807, 2.05) is 6.07 Å². The molecule has 2 heterocycles. The number of carbonyl (C=O) groups is 2. The molecular formula is C22H15ClF6N4O2. The zero-order valence-corrected chi connectivity index (χ0v) is 18.2. The minimum absolute atomic E-state index is 0.299. The minimum atomic E-state index is -1.23. The summed E-state index contributed by atoms with van der Waals surface area (Å²) in [5.74, 6) is -9.26. The van der Waals surface area contributed by atoms with Crippen LogP contribution >= 0.6 is 11.6 Å². The van der Waals surface area contributed by atoms with Crippen molar-refractivity contribution in [3.05, 3.63) is 107 Å².